The number of nitrogens with one attached hydrogen (secondary N) is 1. The summed E-state index contributed by atoms with van der Waals surface area (Å²) in [5.74, 6) is -1.24. The highest BCUT2D eigenvalue weighted by atomic mass is 35.5. The first-order chi connectivity index (χ1) is 16.8. The number of nitrogens with zero attached hydrogens (tertiary/aromatic N) is 5. The van der Waals surface area contributed by atoms with Gasteiger partial charge in [0.2, 0.25) is 5.91 Å². The van der Waals surface area contributed by atoms with E-state index in [9.17, 15) is 32.3 Å². The van der Waals surface area contributed by atoms with Crippen molar-refractivity contribution in [1.82, 2.24) is 23.3 Å². The standard InChI is InChI=1S/C20H16ClF3N6O5S/c1-27-15-14(16(32)29(3)18(27)33)30(19(34)28(15)2)7-13(31)26-17-25-11(8-36-17)9-4-5-12(10(21)6-9)35-20(22,23)24/h4-6,8H,7H2,1-3H3,(H,25,26,31). The molecule has 36 heavy (non-hydrogen) atoms. The number of anilines is 1. The molecule has 0 spiro atoms. The monoisotopic (exact) mass is 544 g/mol. The fourth-order valence-electron chi connectivity index (χ4n) is 3.58. The molecule has 0 bridgehead atoms. The van der Waals surface area contributed by atoms with Crippen molar-refractivity contribution in [1.29, 1.82) is 0 Å². The normalized spacial score (nSPS) is 11.8. The fraction of sp³-hybridized carbons (Fsp3) is 0.250. The summed E-state index contributed by atoms with van der Waals surface area (Å²) in [4.78, 5) is 54.5. The Balaban J connectivity index is 1.58. The van der Waals surface area contributed by atoms with Crippen LogP contribution in [0.25, 0.3) is 22.4 Å². The highest BCUT2D eigenvalue weighted by Gasteiger charge is 2.32. The van der Waals surface area contributed by atoms with E-state index in [0.29, 0.717) is 11.3 Å². The molecule has 1 aromatic carbocycles. The van der Waals surface area contributed by atoms with E-state index in [2.05, 4.69) is 15.0 Å². The summed E-state index contributed by atoms with van der Waals surface area (Å²) < 4.78 is 45.1. The van der Waals surface area contributed by atoms with Gasteiger partial charge < -0.3 is 10.1 Å². The zero-order valence-corrected chi connectivity index (χ0v) is 20.3. The summed E-state index contributed by atoms with van der Waals surface area (Å²) >= 11 is 6.90. The number of carbonyl (C=O) groups excluding carboxylic acids is 1. The van der Waals surface area contributed by atoms with E-state index in [0.717, 1.165) is 35.7 Å². The highest BCUT2D eigenvalue weighted by Crippen LogP contribution is 2.34. The predicted octanol–water partition coefficient (Wildman–Crippen LogP) is 2.05. The Morgan fingerprint density at radius 2 is 1.78 bits per heavy atom. The maximum absolute atomic E-state index is 12.7. The molecule has 190 valence electrons. The summed E-state index contributed by atoms with van der Waals surface area (Å²) in [5.41, 5.74) is -1.38. The molecule has 0 aliphatic carbocycles. The number of fused-ring (bicyclic) bond motifs is 1. The zero-order valence-electron chi connectivity index (χ0n) is 18.7. The first-order valence-corrected chi connectivity index (χ1v) is 11.2. The maximum Gasteiger partial charge on any atom is 0.573 e. The minimum atomic E-state index is -4.89. The molecule has 16 heteroatoms. The van der Waals surface area contributed by atoms with Crippen molar-refractivity contribution in [3.63, 3.8) is 0 Å². The van der Waals surface area contributed by atoms with Crippen molar-refractivity contribution in [2.24, 2.45) is 21.1 Å². The van der Waals surface area contributed by atoms with Crippen LogP contribution < -0.4 is 27.0 Å². The van der Waals surface area contributed by atoms with Gasteiger partial charge in [-0.3, -0.25) is 27.9 Å². The Kier molecular flexibility index (Phi) is 6.30. The molecule has 1 N–H and O–H groups in total. The molecule has 4 aromatic rings. The van der Waals surface area contributed by atoms with E-state index in [-0.39, 0.29) is 21.3 Å². The number of aromatic nitrogens is 5. The van der Waals surface area contributed by atoms with E-state index in [1.807, 2.05) is 0 Å². The van der Waals surface area contributed by atoms with Gasteiger partial charge in [0.25, 0.3) is 5.56 Å². The summed E-state index contributed by atoms with van der Waals surface area (Å²) in [7, 11) is 4.04. The van der Waals surface area contributed by atoms with Gasteiger partial charge in [-0.05, 0) is 18.2 Å². The number of carbonyl (C=O) groups is 1. The van der Waals surface area contributed by atoms with Gasteiger partial charge in [-0.2, -0.15) is 0 Å². The highest BCUT2D eigenvalue weighted by molar-refractivity contribution is 7.14. The summed E-state index contributed by atoms with van der Waals surface area (Å²) in [6.45, 7) is -0.534. The topological polar surface area (TPSA) is 122 Å². The third kappa shape index (κ3) is 4.54. The van der Waals surface area contributed by atoms with Gasteiger partial charge >= 0.3 is 17.7 Å². The first kappa shape index (κ1) is 25.2. The number of rotatable bonds is 5. The molecule has 11 nitrogen and oxygen atoms in total. The lowest BCUT2D eigenvalue weighted by molar-refractivity contribution is -0.274. The van der Waals surface area contributed by atoms with Crippen LogP contribution in [-0.4, -0.2) is 35.5 Å². The van der Waals surface area contributed by atoms with E-state index >= 15 is 0 Å². The van der Waals surface area contributed by atoms with Crippen molar-refractivity contribution >= 4 is 45.1 Å². The van der Waals surface area contributed by atoms with Gasteiger partial charge in [0.05, 0.1) is 10.7 Å². The Hall–Kier alpha value is -3.85. The Bertz CT molecular complexity index is 1700. The molecule has 0 atom stereocenters. The van der Waals surface area contributed by atoms with Gasteiger partial charge in [0, 0.05) is 32.1 Å². The van der Waals surface area contributed by atoms with E-state index < -0.39 is 41.5 Å². The van der Waals surface area contributed by atoms with E-state index in [1.165, 1.54) is 33.3 Å². The average Bonchev–Trinajstić information content (AvgIpc) is 3.35. The third-order valence-electron chi connectivity index (χ3n) is 5.22. The van der Waals surface area contributed by atoms with E-state index in [1.54, 1.807) is 5.38 Å². The SMILES string of the molecule is Cn1c(=O)c2c(n(C)c1=O)n(C)c(=O)n2CC(=O)Nc1nc(-c2ccc(OC(F)(F)F)c(Cl)c2)cs1. The zero-order chi connectivity index (χ0) is 26.5. The van der Waals surface area contributed by atoms with Crippen LogP contribution in [0.1, 0.15) is 0 Å². The Morgan fingerprint density at radius 1 is 1.11 bits per heavy atom. The molecule has 0 radical (unpaired) electrons. The van der Waals surface area contributed by atoms with Gasteiger partial charge in [0.1, 0.15) is 12.3 Å². The Morgan fingerprint density at radius 3 is 2.42 bits per heavy atom. The molecular formula is C20H16ClF3N6O5S. The van der Waals surface area contributed by atoms with Crippen LogP contribution in [0.5, 0.6) is 5.75 Å². The quantitative estimate of drug-likeness (QED) is 0.410. The molecule has 0 saturated carbocycles. The lowest BCUT2D eigenvalue weighted by atomic mass is 10.2. The lowest BCUT2D eigenvalue weighted by Crippen LogP contribution is -2.38. The Labute approximate surface area is 207 Å². The number of benzene rings is 1. The number of imidazole rings is 1. The second-order valence-electron chi connectivity index (χ2n) is 7.58. The number of aryl methyl sites for hydroxylation is 2. The van der Waals surface area contributed by atoms with Crippen molar-refractivity contribution in [2.45, 2.75) is 12.9 Å². The van der Waals surface area contributed by atoms with Crippen LogP contribution in [0.3, 0.4) is 0 Å². The number of halogens is 4. The first-order valence-electron chi connectivity index (χ1n) is 9.94. The van der Waals surface area contributed by atoms with Gasteiger partial charge in [-0.25, -0.2) is 14.6 Å². The molecule has 3 heterocycles. The van der Waals surface area contributed by atoms with Crippen molar-refractivity contribution in [3.05, 3.63) is 59.9 Å². The van der Waals surface area contributed by atoms with Gasteiger partial charge in [0.15, 0.2) is 16.3 Å². The van der Waals surface area contributed by atoms with Crippen LogP contribution in [0, 0.1) is 0 Å². The smallest absolute Gasteiger partial charge is 0.404 e. The summed E-state index contributed by atoms with van der Waals surface area (Å²) in [6.07, 6.45) is -4.89. The maximum atomic E-state index is 12.7. The molecule has 0 unspecified atom stereocenters. The molecule has 3 aromatic heterocycles. The van der Waals surface area contributed by atoms with Gasteiger partial charge in [-0.1, -0.05) is 11.6 Å². The van der Waals surface area contributed by atoms with Crippen LogP contribution >= 0.6 is 22.9 Å². The minimum Gasteiger partial charge on any atom is -0.404 e. The molecule has 0 aliphatic heterocycles. The van der Waals surface area contributed by atoms with E-state index in [4.69, 9.17) is 11.6 Å². The fourth-order valence-corrected chi connectivity index (χ4v) is 4.54. The van der Waals surface area contributed by atoms with Crippen LogP contribution in [-0.2, 0) is 32.5 Å². The lowest BCUT2D eigenvalue weighted by Gasteiger charge is -2.10. The van der Waals surface area contributed by atoms with Crippen molar-refractivity contribution < 1.29 is 22.7 Å². The second kappa shape index (κ2) is 8.98. The largest absolute Gasteiger partial charge is 0.573 e. The van der Waals surface area contributed by atoms with Crippen LogP contribution in [0.2, 0.25) is 5.02 Å². The van der Waals surface area contributed by atoms with Crippen molar-refractivity contribution in [3.8, 4) is 17.0 Å². The predicted molar refractivity (Wildman–Crippen MR) is 126 cm³/mol. The number of hydrogen-bond donors (Lipinski definition) is 1. The number of thiazole rings is 1. The third-order valence-corrected chi connectivity index (χ3v) is 6.27. The molecular weight excluding hydrogens is 529 g/mol. The van der Waals surface area contributed by atoms with Crippen molar-refractivity contribution in [2.75, 3.05) is 5.32 Å². The number of amides is 1. The molecule has 1 amide bonds. The average molecular weight is 545 g/mol. The number of hydrogen-bond acceptors (Lipinski definition) is 7. The molecule has 0 saturated heterocycles. The van der Waals surface area contributed by atoms with Gasteiger partial charge in [-0.15, -0.1) is 24.5 Å². The summed E-state index contributed by atoms with van der Waals surface area (Å²) in [6, 6.07) is 3.60. The molecule has 0 aliphatic rings. The van der Waals surface area contributed by atoms with Crippen LogP contribution in [0.4, 0.5) is 18.3 Å². The minimum absolute atomic E-state index is 0.0623. The molecule has 4 rings (SSSR count). The summed E-state index contributed by atoms with van der Waals surface area (Å²) in [5, 5.41) is 3.91. The van der Waals surface area contributed by atoms with Crippen LogP contribution in [0.15, 0.2) is 38.0 Å². The number of alkyl halides is 3. The second-order valence-corrected chi connectivity index (χ2v) is 8.85. The number of ether oxygens (including phenoxy) is 1. The molecule has 0 fully saturated rings.